The van der Waals surface area contributed by atoms with Gasteiger partial charge in [0.2, 0.25) is 0 Å². The highest BCUT2D eigenvalue weighted by Gasteiger charge is 2.15. The lowest BCUT2D eigenvalue weighted by Gasteiger charge is -2.23. The summed E-state index contributed by atoms with van der Waals surface area (Å²) in [7, 11) is 4.14. The summed E-state index contributed by atoms with van der Waals surface area (Å²) in [5, 5.41) is 0. The molecule has 0 aliphatic heterocycles. The van der Waals surface area contributed by atoms with Crippen LogP contribution in [-0.4, -0.2) is 55.9 Å². The van der Waals surface area contributed by atoms with E-state index in [-0.39, 0.29) is 5.78 Å². The maximum absolute atomic E-state index is 12.6. The van der Waals surface area contributed by atoms with E-state index in [9.17, 15) is 4.79 Å². The molecule has 0 saturated heterocycles. The fourth-order valence-corrected chi connectivity index (χ4v) is 2.48. The Labute approximate surface area is 129 Å². The van der Waals surface area contributed by atoms with Crippen LogP contribution in [0, 0.1) is 20.8 Å². The van der Waals surface area contributed by atoms with Crippen molar-refractivity contribution in [1.82, 2.24) is 9.80 Å². The molecule has 118 valence electrons. The Balaban J connectivity index is 2.79. The Hall–Kier alpha value is -1.19. The molecule has 0 amide bonds. The fraction of sp³-hybridized carbons (Fsp3) is 0.611. The van der Waals surface area contributed by atoms with E-state index in [1.165, 1.54) is 11.1 Å². The number of likely N-dealkylation sites (N-methyl/N-ethyl adjacent to an activating group) is 1. The van der Waals surface area contributed by atoms with Gasteiger partial charge in [-0.15, -0.1) is 0 Å². The van der Waals surface area contributed by atoms with Gasteiger partial charge in [0.05, 0.1) is 6.54 Å². The summed E-state index contributed by atoms with van der Waals surface area (Å²) in [6.07, 6.45) is 1.08. The topological polar surface area (TPSA) is 23.6 Å². The highest BCUT2D eigenvalue weighted by molar-refractivity contribution is 5.99. The fourth-order valence-electron chi connectivity index (χ4n) is 2.48. The maximum Gasteiger partial charge on any atom is 0.177 e. The van der Waals surface area contributed by atoms with Crippen LogP contribution in [-0.2, 0) is 0 Å². The van der Waals surface area contributed by atoms with Gasteiger partial charge in [0.25, 0.3) is 0 Å². The molecule has 0 aromatic heterocycles. The van der Waals surface area contributed by atoms with Gasteiger partial charge in [0.15, 0.2) is 5.78 Å². The number of rotatable bonds is 8. The van der Waals surface area contributed by atoms with Crippen molar-refractivity contribution in [2.24, 2.45) is 0 Å². The van der Waals surface area contributed by atoms with Crippen molar-refractivity contribution >= 4 is 5.78 Å². The van der Waals surface area contributed by atoms with E-state index in [0.717, 1.165) is 37.2 Å². The average Bonchev–Trinajstić information content (AvgIpc) is 2.40. The summed E-state index contributed by atoms with van der Waals surface area (Å²) in [4.78, 5) is 17.0. The SMILES string of the molecule is CCCN(CCN(C)C)CC(=O)c1cc(C)c(C)cc1C. The molecule has 0 aliphatic carbocycles. The molecule has 0 aliphatic rings. The first-order valence-electron chi connectivity index (χ1n) is 7.83. The third kappa shape index (κ3) is 5.60. The van der Waals surface area contributed by atoms with Crippen LogP contribution in [0.5, 0.6) is 0 Å². The monoisotopic (exact) mass is 290 g/mol. The van der Waals surface area contributed by atoms with E-state index in [2.05, 4.69) is 50.7 Å². The quantitative estimate of drug-likeness (QED) is 0.688. The van der Waals surface area contributed by atoms with Gasteiger partial charge in [-0.1, -0.05) is 13.0 Å². The van der Waals surface area contributed by atoms with Gasteiger partial charge < -0.3 is 4.90 Å². The summed E-state index contributed by atoms with van der Waals surface area (Å²) in [5.74, 6) is 0.239. The Morgan fingerprint density at radius 2 is 1.57 bits per heavy atom. The molecule has 0 unspecified atom stereocenters. The normalized spacial score (nSPS) is 11.4. The second-order valence-electron chi connectivity index (χ2n) is 6.25. The van der Waals surface area contributed by atoms with E-state index in [1.54, 1.807) is 0 Å². The van der Waals surface area contributed by atoms with E-state index >= 15 is 0 Å². The number of aryl methyl sites for hydroxylation is 3. The molecule has 21 heavy (non-hydrogen) atoms. The second-order valence-corrected chi connectivity index (χ2v) is 6.25. The Morgan fingerprint density at radius 1 is 0.952 bits per heavy atom. The van der Waals surface area contributed by atoms with Crippen molar-refractivity contribution in [3.63, 3.8) is 0 Å². The van der Waals surface area contributed by atoms with Crippen molar-refractivity contribution < 1.29 is 4.79 Å². The molecule has 0 radical (unpaired) electrons. The molecule has 0 fully saturated rings. The first kappa shape index (κ1) is 17.9. The van der Waals surface area contributed by atoms with Crippen LogP contribution >= 0.6 is 0 Å². The van der Waals surface area contributed by atoms with Crippen LogP contribution in [0.15, 0.2) is 12.1 Å². The van der Waals surface area contributed by atoms with Crippen LogP contribution < -0.4 is 0 Å². The van der Waals surface area contributed by atoms with Crippen molar-refractivity contribution in [1.29, 1.82) is 0 Å². The predicted octanol–water partition coefficient (Wildman–Crippen LogP) is 3.07. The number of benzene rings is 1. The molecule has 0 spiro atoms. The third-order valence-corrected chi connectivity index (χ3v) is 3.91. The number of hydrogen-bond acceptors (Lipinski definition) is 3. The molecule has 1 aromatic rings. The summed E-state index contributed by atoms with van der Waals surface area (Å²) < 4.78 is 0. The first-order chi connectivity index (χ1) is 9.85. The molecule has 3 heteroatoms. The van der Waals surface area contributed by atoms with Crippen LogP contribution in [0.25, 0.3) is 0 Å². The average molecular weight is 290 g/mol. The predicted molar refractivity (Wildman–Crippen MR) is 90.3 cm³/mol. The lowest BCUT2D eigenvalue weighted by atomic mass is 9.98. The van der Waals surface area contributed by atoms with Gasteiger partial charge in [-0.3, -0.25) is 9.69 Å². The van der Waals surface area contributed by atoms with Crippen LogP contribution in [0.4, 0.5) is 0 Å². The van der Waals surface area contributed by atoms with E-state index < -0.39 is 0 Å². The molecule has 3 nitrogen and oxygen atoms in total. The van der Waals surface area contributed by atoms with Crippen molar-refractivity contribution in [3.8, 4) is 0 Å². The number of ketones is 1. The Morgan fingerprint density at radius 3 is 2.14 bits per heavy atom. The molecule has 1 rings (SSSR count). The zero-order valence-electron chi connectivity index (χ0n) is 14.5. The minimum absolute atomic E-state index is 0.239. The standard InChI is InChI=1S/C18H30N2O/c1-7-8-20(10-9-19(5)6)13-18(21)17-12-15(3)14(2)11-16(17)4/h11-12H,7-10,13H2,1-6H3. The van der Waals surface area contributed by atoms with Crippen LogP contribution in [0.1, 0.15) is 40.4 Å². The first-order valence-corrected chi connectivity index (χ1v) is 7.83. The zero-order chi connectivity index (χ0) is 16.0. The van der Waals surface area contributed by atoms with Crippen LogP contribution in [0.3, 0.4) is 0 Å². The molecule has 0 heterocycles. The minimum Gasteiger partial charge on any atom is -0.308 e. The van der Waals surface area contributed by atoms with Gasteiger partial charge in [-0.2, -0.15) is 0 Å². The Bertz CT molecular complexity index is 480. The lowest BCUT2D eigenvalue weighted by molar-refractivity contribution is 0.0924. The number of carbonyl (C=O) groups is 1. The number of hydrogen-bond donors (Lipinski definition) is 0. The lowest BCUT2D eigenvalue weighted by Crippen LogP contribution is -2.36. The third-order valence-electron chi connectivity index (χ3n) is 3.91. The Kier molecular flexibility index (Phi) is 7.06. The zero-order valence-corrected chi connectivity index (χ0v) is 14.5. The molecule has 1 aromatic carbocycles. The summed E-state index contributed by atoms with van der Waals surface area (Å²) in [6.45, 7) is 11.8. The second kappa shape index (κ2) is 8.30. The highest BCUT2D eigenvalue weighted by Crippen LogP contribution is 2.16. The number of Topliss-reactive ketones (excluding diaryl/α,β-unsaturated/α-hetero) is 1. The van der Waals surface area contributed by atoms with Gasteiger partial charge in [-0.25, -0.2) is 0 Å². The summed E-state index contributed by atoms with van der Waals surface area (Å²) in [5.41, 5.74) is 4.41. The van der Waals surface area contributed by atoms with E-state index in [0.29, 0.717) is 6.54 Å². The molecule has 0 N–H and O–H groups in total. The number of nitrogens with zero attached hydrogens (tertiary/aromatic N) is 2. The van der Waals surface area contributed by atoms with Gasteiger partial charge in [0.1, 0.15) is 0 Å². The molecular formula is C18H30N2O. The molecule has 0 atom stereocenters. The molecule has 0 saturated carbocycles. The minimum atomic E-state index is 0.239. The largest absolute Gasteiger partial charge is 0.308 e. The van der Waals surface area contributed by atoms with Crippen molar-refractivity contribution in [3.05, 3.63) is 34.4 Å². The highest BCUT2D eigenvalue weighted by atomic mass is 16.1. The van der Waals surface area contributed by atoms with Gasteiger partial charge in [0, 0.05) is 18.7 Å². The number of carbonyl (C=O) groups excluding carboxylic acids is 1. The van der Waals surface area contributed by atoms with Gasteiger partial charge >= 0.3 is 0 Å². The maximum atomic E-state index is 12.6. The summed E-state index contributed by atoms with van der Waals surface area (Å²) in [6, 6.07) is 4.16. The molecular weight excluding hydrogens is 260 g/mol. The summed E-state index contributed by atoms with van der Waals surface area (Å²) >= 11 is 0. The van der Waals surface area contributed by atoms with Gasteiger partial charge in [-0.05, 0) is 70.6 Å². The van der Waals surface area contributed by atoms with Crippen LogP contribution in [0.2, 0.25) is 0 Å². The smallest absolute Gasteiger partial charge is 0.177 e. The van der Waals surface area contributed by atoms with E-state index in [1.807, 2.05) is 13.0 Å². The van der Waals surface area contributed by atoms with E-state index in [4.69, 9.17) is 0 Å². The van der Waals surface area contributed by atoms with Crippen molar-refractivity contribution in [2.75, 3.05) is 40.3 Å². The molecule has 0 bridgehead atoms. The van der Waals surface area contributed by atoms with Crippen molar-refractivity contribution in [2.45, 2.75) is 34.1 Å².